The average Bonchev–Trinajstić information content (AvgIpc) is 3.03. The van der Waals surface area contributed by atoms with Gasteiger partial charge in [0, 0.05) is 42.0 Å². The molecule has 1 aliphatic rings. The van der Waals surface area contributed by atoms with E-state index in [9.17, 15) is 4.79 Å². The van der Waals surface area contributed by atoms with Crippen LogP contribution in [0.25, 0.3) is 10.1 Å². The van der Waals surface area contributed by atoms with Crippen molar-refractivity contribution in [2.24, 2.45) is 0 Å². The minimum atomic E-state index is 0.0176. The average molecular weight is 401 g/mol. The minimum absolute atomic E-state index is 0.0176. The highest BCUT2D eigenvalue weighted by molar-refractivity contribution is 7.21. The highest BCUT2D eigenvalue weighted by Crippen LogP contribution is 2.38. The topological polar surface area (TPSA) is 32.8 Å². The molecule has 0 radical (unpaired) electrons. The Morgan fingerprint density at radius 1 is 1.11 bits per heavy atom. The van der Waals surface area contributed by atoms with Crippen molar-refractivity contribution in [2.75, 3.05) is 38.2 Å². The molecule has 0 spiro atoms. The summed E-state index contributed by atoms with van der Waals surface area (Å²) >= 11 is 7.99. The van der Waals surface area contributed by atoms with Crippen molar-refractivity contribution in [1.82, 2.24) is 4.90 Å². The number of amides is 1. The number of fused-ring (bicyclic) bond motifs is 1. The number of carbonyl (C=O) groups is 1. The van der Waals surface area contributed by atoms with Gasteiger partial charge in [-0.2, -0.15) is 0 Å². The molecule has 6 heteroatoms. The van der Waals surface area contributed by atoms with Crippen molar-refractivity contribution in [3.8, 4) is 5.75 Å². The van der Waals surface area contributed by atoms with E-state index in [1.165, 1.54) is 22.6 Å². The van der Waals surface area contributed by atoms with Gasteiger partial charge in [0.15, 0.2) is 0 Å². The molecule has 1 amide bonds. The molecule has 4 nitrogen and oxygen atoms in total. The van der Waals surface area contributed by atoms with Gasteiger partial charge in [-0.3, -0.25) is 4.79 Å². The van der Waals surface area contributed by atoms with Gasteiger partial charge in [0.25, 0.3) is 5.91 Å². The van der Waals surface area contributed by atoms with Gasteiger partial charge in [-0.1, -0.05) is 23.7 Å². The number of carbonyl (C=O) groups excluding carboxylic acids is 1. The monoisotopic (exact) mass is 400 g/mol. The van der Waals surface area contributed by atoms with Crippen LogP contribution in [0.1, 0.15) is 15.2 Å². The number of benzene rings is 2. The normalized spacial score (nSPS) is 14.6. The Labute approximate surface area is 167 Å². The molecule has 3 aromatic rings. The van der Waals surface area contributed by atoms with Crippen molar-refractivity contribution in [1.29, 1.82) is 0 Å². The summed E-state index contributed by atoms with van der Waals surface area (Å²) in [5.41, 5.74) is 2.47. The second-order valence-corrected chi connectivity index (χ2v) is 8.16. The van der Waals surface area contributed by atoms with E-state index in [1.807, 2.05) is 23.1 Å². The molecular formula is C21H21ClN2O2S. The first kappa shape index (κ1) is 18.1. The number of piperazine rings is 1. The zero-order valence-electron chi connectivity index (χ0n) is 15.4. The van der Waals surface area contributed by atoms with Gasteiger partial charge in [-0.05, 0) is 42.8 Å². The van der Waals surface area contributed by atoms with Crippen LogP contribution in [0.15, 0.2) is 42.5 Å². The molecule has 0 atom stereocenters. The van der Waals surface area contributed by atoms with Crippen molar-refractivity contribution in [2.45, 2.75) is 6.92 Å². The van der Waals surface area contributed by atoms with E-state index in [-0.39, 0.29) is 5.91 Å². The third-order valence-electron chi connectivity index (χ3n) is 4.96. The molecule has 2 aromatic carbocycles. The maximum absolute atomic E-state index is 13.0. The Kier molecular flexibility index (Phi) is 4.98. The molecule has 2 heterocycles. The van der Waals surface area contributed by atoms with Gasteiger partial charge in [0.05, 0.1) is 12.1 Å². The van der Waals surface area contributed by atoms with Crippen LogP contribution >= 0.6 is 22.9 Å². The van der Waals surface area contributed by atoms with Gasteiger partial charge < -0.3 is 14.5 Å². The lowest BCUT2D eigenvalue weighted by Gasteiger charge is -2.36. The fraction of sp³-hybridized carbons (Fsp3) is 0.286. The van der Waals surface area contributed by atoms with Gasteiger partial charge in [0.1, 0.15) is 10.6 Å². The zero-order chi connectivity index (χ0) is 19.0. The largest absolute Gasteiger partial charge is 0.497 e. The number of thiophene rings is 1. The van der Waals surface area contributed by atoms with Gasteiger partial charge in [-0.15, -0.1) is 11.3 Å². The van der Waals surface area contributed by atoms with Crippen LogP contribution in [0.5, 0.6) is 5.75 Å². The summed E-state index contributed by atoms with van der Waals surface area (Å²) in [7, 11) is 1.63. The van der Waals surface area contributed by atoms with Gasteiger partial charge >= 0.3 is 0 Å². The van der Waals surface area contributed by atoms with Crippen LogP contribution in [0, 0.1) is 6.92 Å². The number of aryl methyl sites for hydroxylation is 1. The number of nitrogens with zero attached hydrogens (tertiary/aromatic N) is 2. The number of hydrogen-bond acceptors (Lipinski definition) is 4. The second kappa shape index (κ2) is 7.41. The van der Waals surface area contributed by atoms with Crippen LogP contribution in [0.2, 0.25) is 5.02 Å². The van der Waals surface area contributed by atoms with Crippen LogP contribution in [-0.4, -0.2) is 44.1 Å². The molecule has 4 rings (SSSR count). The lowest BCUT2D eigenvalue weighted by Crippen LogP contribution is -2.48. The van der Waals surface area contributed by atoms with Crippen LogP contribution in [0.3, 0.4) is 0 Å². The molecule has 1 fully saturated rings. The molecule has 140 valence electrons. The summed E-state index contributed by atoms with van der Waals surface area (Å²) in [5.74, 6) is 0.761. The standard InChI is InChI=1S/C21H21ClN2O2S/c1-14-4-3-5-15(12-14)23-8-10-24(11-9-23)21(25)20-19(22)17-13-16(26-2)6-7-18(17)27-20/h3-7,12-13H,8-11H2,1-2H3. The van der Waals surface area contributed by atoms with Crippen molar-refractivity contribution < 1.29 is 9.53 Å². The summed E-state index contributed by atoms with van der Waals surface area (Å²) in [6.45, 7) is 5.14. The SMILES string of the molecule is COc1ccc2sc(C(=O)N3CCN(c4cccc(C)c4)CC3)c(Cl)c2c1. The zero-order valence-corrected chi connectivity index (χ0v) is 16.9. The van der Waals surface area contributed by atoms with Crippen molar-refractivity contribution in [3.05, 3.63) is 57.9 Å². The van der Waals surface area contributed by atoms with E-state index in [2.05, 4.69) is 36.1 Å². The van der Waals surface area contributed by atoms with E-state index in [1.54, 1.807) is 7.11 Å². The predicted octanol–water partition coefficient (Wildman–Crippen LogP) is 4.83. The first-order chi connectivity index (χ1) is 13.1. The number of rotatable bonds is 3. The van der Waals surface area contributed by atoms with Crippen LogP contribution in [-0.2, 0) is 0 Å². The lowest BCUT2D eigenvalue weighted by molar-refractivity contribution is 0.0752. The molecule has 0 saturated carbocycles. The van der Waals surface area contributed by atoms with Crippen molar-refractivity contribution >= 4 is 44.6 Å². The molecular weight excluding hydrogens is 380 g/mol. The molecule has 27 heavy (non-hydrogen) atoms. The maximum atomic E-state index is 13.0. The third kappa shape index (κ3) is 3.49. The van der Waals surface area contributed by atoms with Gasteiger partial charge in [-0.25, -0.2) is 0 Å². The van der Waals surface area contributed by atoms with Crippen molar-refractivity contribution in [3.63, 3.8) is 0 Å². The summed E-state index contributed by atoms with van der Waals surface area (Å²) in [6.07, 6.45) is 0. The van der Waals surface area contributed by atoms with Gasteiger partial charge in [0.2, 0.25) is 0 Å². The molecule has 1 aromatic heterocycles. The second-order valence-electron chi connectivity index (χ2n) is 6.73. The molecule has 0 N–H and O–H groups in total. The Bertz CT molecular complexity index is 993. The highest BCUT2D eigenvalue weighted by Gasteiger charge is 2.26. The third-order valence-corrected chi connectivity index (χ3v) is 6.63. The predicted molar refractivity (Wildman–Crippen MR) is 113 cm³/mol. The number of hydrogen-bond donors (Lipinski definition) is 0. The quantitative estimate of drug-likeness (QED) is 0.631. The summed E-state index contributed by atoms with van der Waals surface area (Å²) in [6, 6.07) is 14.2. The molecule has 0 bridgehead atoms. The smallest absolute Gasteiger partial charge is 0.265 e. The Morgan fingerprint density at radius 2 is 1.89 bits per heavy atom. The molecule has 1 aliphatic heterocycles. The summed E-state index contributed by atoms with van der Waals surface area (Å²) < 4.78 is 6.27. The molecule has 0 unspecified atom stereocenters. The highest BCUT2D eigenvalue weighted by atomic mass is 35.5. The van der Waals surface area contributed by atoms with E-state index >= 15 is 0 Å². The van der Waals surface area contributed by atoms with E-state index in [0.717, 1.165) is 28.9 Å². The lowest BCUT2D eigenvalue weighted by atomic mass is 10.2. The Balaban J connectivity index is 1.51. The van der Waals surface area contributed by atoms with E-state index < -0.39 is 0 Å². The van der Waals surface area contributed by atoms with E-state index in [4.69, 9.17) is 16.3 Å². The fourth-order valence-electron chi connectivity index (χ4n) is 3.45. The van der Waals surface area contributed by atoms with Crippen LogP contribution < -0.4 is 9.64 Å². The number of methoxy groups -OCH3 is 1. The maximum Gasteiger partial charge on any atom is 0.265 e. The Hall–Kier alpha value is -2.24. The Morgan fingerprint density at radius 3 is 2.59 bits per heavy atom. The first-order valence-corrected chi connectivity index (χ1v) is 10.1. The molecule has 0 aliphatic carbocycles. The number of ether oxygens (including phenoxy) is 1. The van der Waals surface area contributed by atoms with E-state index in [0.29, 0.717) is 23.0 Å². The summed E-state index contributed by atoms with van der Waals surface area (Å²) in [4.78, 5) is 17.9. The number of halogens is 1. The molecule has 1 saturated heterocycles. The number of anilines is 1. The first-order valence-electron chi connectivity index (χ1n) is 8.94. The minimum Gasteiger partial charge on any atom is -0.497 e. The van der Waals surface area contributed by atoms with Crippen LogP contribution in [0.4, 0.5) is 5.69 Å². The fourth-order valence-corrected chi connectivity index (χ4v) is 4.90. The summed E-state index contributed by atoms with van der Waals surface area (Å²) in [5, 5.41) is 1.41.